The number of carbonyl (C=O) groups is 2. The first kappa shape index (κ1) is 21.1. The van der Waals surface area contributed by atoms with Crippen molar-refractivity contribution in [2.45, 2.75) is 26.4 Å². The van der Waals surface area contributed by atoms with Crippen molar-refractivity contribution in [1.82, 2.24) is 14.8 Å². The molecule has 3 aromatic rings. The minimum atomic E-state index is -1.00. The fraction of sp³-hybridized carbons (Fsp3) is 0.333. The Labute approximate surface area is 180 Å². The smallest absolute Gasteiger partial charge is 0.337 e. The molecular weight excluding hydrogens is 397 g/mol. The zero-order valence-electron chi connectivity index (χ0n) is 17.6. The van der Waals surface area contributed by atoms with Gasteiger partial charge in [0.2, 0.25) is 0 Å². The van der Waals surface area contributed by atoms with Gasteiger partial charge in [-0.05, 0) is 24.1 Å². The van der Waals surface area contributed by atoms with Gasteiger partial charge >= 0.3 is 5.97 Å². The van der Waals surface area contributed by atoms with Gasteiger partial charge in [-0.25, -0.2) is 9.18 Å². The van der Waals surface area contributed by atoms with Gasteiger partial charge < -0.3 is 15.0 Å². The van der Waals surface area contributed by atoms with E-state index in [2.05, 4.69) is 23.7 Å². The number of hydrogen-bond donors (Lipinski definition) is 2. The number of carbonyl (C=O) groups excluding carboxylic acids is 1. The molecule has 4 rings (SSSR count). The van der Waals surface area contributed by atoms with E-state index in [4.69, 9.17) is 0 Å². The first-order valence-corrected chi connectivity index (χ1v) is 10.5. The predicted octanol–water partition coefficient (Wildman–Crippen LogP) is 3.99. The topological polar surface area (TPSA) is 76.6 Å². The summed E-state index contributed by atoms with van der Waals surface area (Å²) in [5.74, 6) is -1.05. The van der Waals surface area contributed by atoms with Crippen molar-refractivity contribution in [1.29, 1.82) is 0 Å². The maximum absolute atomic E-state index is 14.1. The van der Waals surface area contributed by atoms with Crippen LogP contribution in [0.1, 0.15) is 40.1 Å². The van der Waals surface area contributed by atoms with Crippen LogP contribution in [0.5, 0.6) is 0 Å². The number of carboxylic acids is 1. The minimum absolute atomic E-state index is 0.00180. The quantitative estimate of drug-likeness (QED) is 0.651. The van der Waals surface area contributed by atoms with Gasteiger partial charge in [0.15, 0.2) is 0 Å². The van der Waals surface area contributed by atoms with Crippen molar-refractivity contribution < 1.29 is 19.1 Å². The number of nitrogens with zero attached hydrogens (tertiary/aromatic N) is 2. The third-order valence-electron chi connectivity index (χ3n) is 6.04. The number of amides is 1. The number of nitrogens with one attached hydrogen (secondary N) is 1. The Hall–Kier alpha value is -3.19. The number of halogens is 1. The van der Waals surface area contributed by atoms with E-state index in [0.717, 1.165) is 0 Å². The molecule has 1 atom stereocenters. The van der Waals surface area contributed by atoms with Gasteiger partial charge in [-0.3, -0.25) is 9.69 Å². The van der Waals surface area contributed by atoms with Crippen LogP contribution in [0.2, 0.25) is 0 Å². The van der Waals surface area contributed by atoms with Crippen molar-refractivity contribution >= 4 is 22.8 Å². The lowest BCUT2D eigenvalue weighted by Crippen LogP contribution is -2.56. The first-order valence-electron chi connectivity index (χ1n) is 10.5. The number of carboxylic acid groups (broad SMARTS) is 1. The molecule has 0 saturated carbocycles. The number of aromatic amines is 1. The monoisotopic (exact) mass is 423 g/mol. The van der Waals surface area contributed by atoms with Crippen molar-refractivity contribution in [3.8, 4) is 0 Å². The largest absolute Gasteiger partial charge is 0.478 e. The molecule has 0 spiro atoms. The van der Waals surface area contributed by atoms with E-state index >= 15 is 0 Å². The number of piperazine rings is 1. The Balaban J connectivity index is 1.53. The second-order valence-corrected chi connectivity index (χ2v) is 8.40. The molecule has 0 radical (unpaired) electrons. The second-order valence-electron chi connectivity index (χ2n) is 8.40. The number of fused-ring (bicyclic) bond motifs is 1. The highest BCUT2D eigenvalue weighted by Gasteiger charge is 2.33. The third-order valence-corrected chi connectivity index (χ3v) is 6.04. The molecule has 1 aliphatic rings. The summed E-state index contributed by atoms with van der Waals surface area (Å²) in [5, 5.41) is 9.86. The summed E-state index contributed by atoms with van der Waals surface area (Å²) in [6.45, 7) is 6.59. The lowest BCUT2D eigenvalue weighted by atomic mass is 9.97. The fourth-order valence-corrected chi connectivity index (χ4v) is 4.31. The van der Waals surface area contributed by atoms with E-state index in [1.54, 1.807) is 30.3 Å². The van der Waals surface area contributed by atoms with E-state index in [-0.39, 0.29) is 29.2 Å². The molecular formula is C24H26FN3O3. The zero-order valence-corrected chi connectivity index (χ0v) is 17.6. The van der Waals surface area contributed by atoms with Crippen LogP contribution in [-0.4, -0.2) is 57.4 Å². The van der Waals surface area contributed by atoms with Gasteiger partial charge in [0, 0.05) is 60.4 Å². The third kappa shape index (κ3) is 4.18. The van der Waals surface area contributed by atoms with E-state index in [9.17, 15) is 19.1 Å². The lowest BCUT2D eigenvalue weighted by molar-refractivity contribution is 0.0326. The van der Waals surface area contributed by atoms with Crippen LogP contribution in [0.25, 0.3) is 10.9 Å². The molecule has 1 fully saturated rings. The molecule has 1 saturated heterocycles. The van der Waals surface area contributed by atoms with Gasteiger partial charge in [0.25, 0.3) is 5.91 Å². The summed E-state index contributed by atoms with van der Waals surface area (Å²) in [6.07, 6.45) is 1.44. The van der Waals surface area contributed by atoms with Gasteiger partial charge in [0.1, 0.15) is 5.82 Å². The van der Waals surface area contributed by atoms with Gasteiger partial charge in [0.05, 0.1) is 5.56 Å². The van der Waals surface area contributed by atoms with Crippen LogP contribution in [0.3, 0.4) is 0 Å². The van der Waals surface area contributed by atoms with Crippen molar-refractivity contribution in [3.63, 3.8) is 0 Å². The van der Waals surface area contributed by atoms with Crippen molar-refractivity contribution in [2.75, 3.05) is 19.6 Å². The normalized spacial score (nSPS) is 17.4. The molecule has 1 amide bonds. The fourth-order valence-electron chi connectivity index (χ4n) is 4.31. The Bertz CT molecular complexity index is 1120. The average Bonchev–Trinajstić information content (AvgIpc) is 3.18. The van der Waals surface area contributed by atoms with Gasteiger partial charge in [-0.2, -0.15) is 0 Å². The predicted molar refractivity (Wildman–Crippen MR) is 117 cm³/mol. The summed E-state index contributed by atoms with van der Waals surface area (Å²) < 4.78 is 14.1. The molecule has 6 nitrogen and oxygen atoms in total. The summed E-state index contributed by atoms with van der Waals surface area (Å²) in [5.41, 5.74) is 2.01. The molecule has 2 aromatic carbocycles. The van der Waals surface area contributed by atoms with Crippen molar-refractivity contribution in [2.24, 2.45) is 5.92 Å². The van der Waals surface area contributed by atoms with Crippen LogP contribution in [0.4, 0.5) is 4.39 Å². The average molecular weight is 423 g/mol. The standard InChI is InChI=1S/C24H26FN3O3/c1-15(2)22-14-27(13-17-5-3-4-6-20(17)25)9-10-28(22)23(29)16-7-8-18-19(24(30)31)12-26-21(18)11-16/h3-8,11-12,15,22,26H,9-10,13-14H2,1-2H3,(H,30,31)/t22-/m1/s1. The number of aromatic carboxylic acids is 1. The SMILES string of the molecule is CC(C)[C@H]1CN(Cc2ccccc2F)CCN1C(=O)c1ccc2c(C(=O)O)c[nH]c2c1. The van der Waals surface area contributed by atoms with E-state index in [1.165, 1.54) is 12.3 Å². The molecule has 31 heavy (non-hydrogen) atoms. The van der Waals surface area contributed by atoms with E-state index in [0.29, 0.717) is 48.2 Å². The summed E-state index contributed by atoms with van der Waals surface area (Å²) >= 11 is 0. The van der Waals surface area contributed by atoms with Crippen molar-refractivity contribution in [3.05, 3.63) is 71.2 Å². The number of benzene rings is 2. The Morgan fingerprint density at radius 3 is 2.68 bits per heavy atom. The zero-order chi connectivity index (χ0) is 22.1. The molecule has 1 aliphatic heterocycles. The van der Waals surface area contributed by atoms with Crippen LogP contribution >= 0.6 is 0 Å². The summed E-state index contributed by atoms with van der Waals surface area (Å²) in [4.78, 5) is 31.7. The highest BCUT2D eigenvalue weighted by molar-refractivity contribution is 6.05. The van der Waals surface area contributed by atoms with Gasteiger partial charge in [-0.1, -0.05) is 38.1 Å². The van der Waals surface area contributed by atoms with E-state index < -0.39 is 5.97 Å². The van der Waals surface area contributed by atoms with Crippen LogP contribution in [0.15, 0.2) is 48.7 Å². The molecule has 1 aromatic heterocycles. The highest BCUT2D eigenvalue weighted by Crippen LogP contribution is 2.25. The summed E-state index contributed by atoms with van der Waals surface area (Å²) in [7, 11) is 0. The Kier molecular flexibility index (Phi) is 5.78. The van der Waals surface area contributed by atoms with Crippen LogP contribution < -0.4 is 0 Å². The second kappa shape index (κ2) is 8.51. The Morgan fingerprint density at radius 2 is 1.97 bits per heavy atom. The summed E-state index contributed by atoms with van der Waals surface area (Å²) in [6, 6.07) is 11.9. The molecule has 0 aliphatic carbocycles. The lowest BCUT2D eigenvalue weighted by Gasteiger charge is -2.43. The van der Waals surface area contributed by atoms with Crippen LogP contribution in [0, 0.1) is 11.7 Å². The number of rotatable bonds is 5. The maximum Gasteiger partial charge on any atom is 0.337 e. The molecule has 0 unspecified atom stereocenters. The number of hydrogen-bond acceptors (Lipinski definition) is 3. The Morgan fingerprint density at radius 1 is 1.19 bits per heavy atom. The highest BCUT2D eigenvalue weighted by atomic mass is 19.1. The molecule has 7 heteroatoms. The van der Waals surface area contributed by atoms with Crippen LogP contribution in [-0.2, 0) is 6.54 Å². The van der Waals surface area contributed by atoms with E-state index in [1.807, 2.05) is 11.0 Å². The molecule has 0 bridgehead atoms. The number of aromatic nitrogens is 1. The molecule has 162 valence electrons. The maximum atomic E-state index is 14.1. The van der Waals surface area contributed by atoms with Gasteiger partial charge in [-0.15, -0.1) is 0 Å². The minimum Gasteiger partial charge on any atom is -0.478 e. The molecule has 2 heterocycles. The number of H-pyrrole nitrogens is 1. The first-order chi connectivity index (χ1) is 14.8. The molecule has 2 N–H and O–H groups in total.